The van der Waals surface area contributed by atoms with Crippen molar-refractivity contribution in [3.63, 3.8) is 0 Å². The van der Waals surface area contributed by atoms with Gasteiger partial charge in [-0.15, -0.1) is 0 Å². The third-order valence-corrected chi connectivity index (χ3v) is 6.01. The van der Waals surface area contributed by atoms with Crippen LogP contribution in [0.2, 0.25) is 0 Å². The van der Waals surface area contributed by atoms with Gasteiger partial charge in [-0.1, -0.05) is 12.2 Å². The normalized spacial score (nSPS) is 21.6. The van der Waals surface area contributed by atoms with E-state index in [4.69, 9.17) is 0 Å². The molecule has 2 N–H and O–H groups in total. The number of likely N-dealkylation sites (tertiary alicyclic amines) is 1. The van der Waals surface area contributed by atoms with Crippen LogP contribution in [0, 0.1) is 5.92 Å². The summed E-state index contributed by atoms with van der Waals surface area (Å²) in [5, 5.41) is 6.83. The Balaban J connectivity index is 1.80. The molecule has 1 aromatic heterocycles. The minimum Gasteiger partial charge on any atom is -0.381 e. The number of carbonyl (C=O) groups excluding carboxylic acids is 2. The lowest BCUT2D eigenvalue weighted by Crippen LogP contribution is -2.45. The molecule has 2 saturated heterocycles. The number of aromatic nitrogens is 1. The van der Waals surface area contributed by atoms with Crippen LogP contribution in [-0.4, -0.2) is 71.9 Å². The van der Waals surface area contributed by atoms with Crippen molar-refractivity contribution in [2.75, 3.05) is 44.6 Å². The Labute approximate surface area is 183 Å². The van der Waals surface area contributed by atoms with Crippen LogP contribution >= 0.6 is 0 Å². The van der Waals surface area contributed by atoms with Gasteiger partial charge in [0, 0.05) is 57.1 Å². The first-order valence-corrected chi connectivity index (χ1v) is 11.2. The van der Waals surface area contributed by atoms with Gasteiger partial charge in [0.15, 0.2) is 0 Å². The lowest BCUT2D eigenvalue weighted by atomic mass is 9.85. The highest BCUT2D eigenvalue weighted by atomic mass is 16.2. The molecule has 0 saturated carbocycles. The maximum absolute atomic E-state index is 13.2. The molecule has 0 spiro atoms. The number of carbonyl (C=O) groups is 1. The van der Waals surface area contributed by atoms with Gasteiger partial charge in [-0.3, -0.25) is 9.78 Å². The van der Waals surface area contributed by atoms with Gasteiger partial charge in [-0.25, -0.2) is 4.79 Å². The zero-order valence-corrected chi connectivity index (χ0v) is 18.4. The molecule has 3 heterocycles. The maximum atomic E-state index is 13.2. The monoisotopic (exact) mass is 421 g/mol. The summed E-state index contributed by atoms with van der Waals surface area (Å²) >= 11 is 0. The van der Waals surface area contributed by atoms with Crippen molar-refractivity contribution in [3.05, 3.63) is 47.4 Å². The third kappa shape index (κ3) is 4.43. The van der Waals surface area contributed by atoms with Crippen molar-refractivity contribution < 1.29 is 9.59 Å². The fourth-order valence-electron chi connectivity index (χ4n) is 4.58. The van der Waals surface area contributed by atoms with Gasteiger partial charge in [0.1, 0.15) is 5.94 Å². The Kier molecular flexibility index (Phi) is 6.54. The van der Waals surface area contributed by atoms with Crippen molar-refractivity contribution in [3.8, 4) is 0 Å². The van der Waals surface area contributed by atoms with Crippen LogP contribution in [0.1, 0.15) is 32.4 Å². The molecule has 0 radical (unpaired) electrons. The lowest BCUT2D eigenvalue weighted by Gasteiger charge is -2.36. The van der Waals surface area contributed by atoms with E-state index in [9.17, 15) is 9.59 Å². The van der Waals surface area contributed by atoms with Gasteiger partial charge in [0.2, 0.25) is 5.91 Å². The molecule has 4 rings (SSSR count). The highest BCUT2D eigenvalue weighted by molar-refractivity contribution is 5.95. The Morgan fingerprint density at radius 3 is 2.65 bits per heavy atom. The molecule has 2 aliphatic heterocycles. The molecule has 164 valence electrons. The smallest absolute Gasteiger partial charge is 0.234 e. The van der Waals surface area contributed by atoms with Crippen LogP contribution in [0.25, 0.3) is 5.57 Å². The quantitative estimate of drug-likeness (QED) is 0.709. The molecule has 1 unspecified atom stereocenters. The average Bonchev–Trinajstić information content (AvgIpc) is 3.33. The topological polar surface area (TPSA) is 77.6 Å². The van der Waals surface area contributed by atoms with Crippen LogP contribution < -0.4 is 10.6 Å². The minimum atomic E-state index is -0.588. The molecule has 2 fully saturated rings. The zero-order valence-electron chi connectivity index (χ0n) is 18.4. The number of allylic oxidation sites excluding steroid dienone is 3. The van der Waals surface area contributed by atoms with E-state index in [2.05, 4.69) is 40.3 Å². The van der Waals surface area contributed by atoms with Gasteiger partial charge in [0.25, 0.3) is 0 Å². The van der Waals surface area contributed by atoms with Crippen molar-refractivity contribution >= 4 is 23.1 Å². The Hall–Kier alpha value is -2.89. The van der Waals surface area contributed by atoms with Crippen molar-refractivity contribution in [1.29, 1.82) is 0 Å². The first-order chi connectivity index (χ1) is 15.1. The van der Waals surface area contributed by atoms with E-state index < -0.39 is 5.92 Å². The fraction of sp³-hybridized carbons (Fsp3) is 0.500. The standard InChI is InChI=1S/C24H31N5O2/c1-17(2)27-21-6-5-9-26-22(21)19-8-7-18(24(31)29-12-3-4-13-29)20(16-30)23(19)28-14-10-25-11-15-28/h5-9,17-18,25,27H,3-4,10-15H2,1-2H3. The van der Waals surface area contributed by atoms with E-state index in [1.165, 1.54) is 0 Å². The Morgan fingerprint density at radius 1 is 1.23 bits per heavy atom. The molecule has 3 aliphatic rings. The van der Waals surface area contributed by atoms with Crippen LogP contribution in [0.3, 0.4) is 0 Å². The largest absolute Gasteiger partial charge is 0.381 e. The number of hydrogen-bond donors (Lipinski definition) is 2. The van der Waals surface area contributed by atoms with E-state index in [-0.39, 0.29) is 11.9 Å². The van der Waals surface area contributed by atoms with Gasteiger partial charge in [-0.2, -0.15) is 0 Å². The summed E-state index contributed by atoms with van der Waals surface area (Å²) in [5.41, 5.74) is 3.80. The summed E-state index contributed by atoms with van der Waals surface area (Å²) in [6.07, 6.45) is 7.64. The number of rotatable bonds is 5. The van der Waals surface area contributed by atoms with Crippen molar-refractivity contribution in [2.24, 2.45) is 5.92 Å². The summed E-state index contributed by atoms with van der Waals surface area (Å²) in [4.78, 5) is 34.3. The van der Waals surface area contributed by atoms with Crippen LogP contribution in [0.5, 0.6) is 0 Å². The number of hydrogen-bond acceptors (Lipinski definition) is 6. The molecule has 0 bridgehead atoms. The predicted molar refractivity (Wildman–Crippen MR) is 122 cm³/mol. The summed E-state index contributed by atoms with van der Waals surface area (Å²) in [6, 6.07) is 4.15. The predicted octanol–water partition coefficient (Wildman–Crippen LogP) is 2.08. The summed E-state index contributed by atoms with van der Waals surface area (Å²) < 4.78 is 0. The van der Waals surface area contributed by atoms with Crippen molar-refractivity contribution in [2.45, 2.75) is 32.7 Å². The highest BCUT2D eigenvalue weighted by Crippen LogP contribution is 2.38. The van der Waals surface area contributed by atoms with E-state index in [1.54, 1.807) is 6.20 Å². The SMILES string of the molecule is CC(C)Nc1cccnc1C1=C(N2CCNCC2)C(=C=O)C(C(=O)N2CCCC2)C=C1. The number of nitrogens with one attached hydrogen (secondary N) is 2. The highest BCUT2D eigenvalue weighted by Gasteiger charge is 2.36. The molecule has 0 aromatic carbocycles. The van der Waals surface area contributed by atoms with Gasteiger partial charge in [0.05, 0.1) is 28.6 Å². The van der Waals surface area contributed by atoms with Crippen LogP contribution in [-0.2, 0) is 9.59 Å². The number of nitrogens with zero attached hydrogens (tertiary/aromatic N) is 3. The van der Waals surface area contributed by atoms with E-state index in [0.717, 1.165) is 74.8 Å². The van der Waals surface area contributed by atoms with Crippen LogP contribution in [0.15, 0.2) is 41.8 Å². The zero-order chi connectivity index (χ0) is 21.8. The minimum absolute atomic E-state index is 0.000309. The van der Waals surface area contributed by atoms with Gasteiger partial charge < -0.3 is 20.4 Å². The summed E-state index contributed by atoms with van der Waals surface area (Å²) in [7, 11) is 0. The van der Waals surface area contributed by atoms with Crippen molar-refractivity contribution in [1.82, 2.24) is 20.1 Å². The number of anilines is 1. The van der Waals surface area contributed by atoms with E-state index >= 15 is 0 Å². The Bertz CT molecular complexity index is 933. The first kappa shape index (κ1) is 21.3. The number of piperazine rings is 1. The van der Waals surface area contributed by atoms with Gasteiger partial charge in [-0.05, 0) is 38.8 Å². The molecule has 1 amide bonds. The Morgan fingerprint density at radius 2 is 1.97 bits per heavy atom. The molecule has 1 aliphatic carbocycles. The second-order valence-electron chi connectivity index (χ2n) is 8.58. The second-order valence-corrected chi connectivity index (χ2v) is 8.58. The van der Waals surface area contributed by atoms with E-state index in [0.29, 0.717) is 5.57 Å². The molecule has 31 heavy (non-hydrogen) atoms. The first-order valence-electron chi connectivity index (χ1n) is 11.2. The maximum Gasteiger partial charge on any atom is 0.234 e. The lowest BCUT2D eigenvalue weighted by molar-refractivity contribution is -0.131. The molecular formula is C24H31N5O2. The fourth-order valence-corrected chi connectivity index (χ4v) is 4.58. The molecular weight excluding hydrogens is 390 g/mol. The average molecular weight is 422 g/mol. The summed E-state index contributed by atoms with van der Waals surface area (Å²) in [5.74, 6) is 1.58. The van der Waals surface area contributed by atoms with Crippen LogP contribution in [0.4, 0.5) is 5.69 Å². The van der Waals surface area contributed by atoms with E-state index in [1.807, 2.05) is 29.2 Å². The molecule has 7 nitrogen and oxygen atoms in total. The third-order valence-electron chi connectivity index (χ3n) is 6.01. The molecule has 7 heteroatoms. The summed E-state index contributed by atoms with van der Waals surface area (Å²) in [6.45, 7) is 8.88. The molecule has 1 atom stereocenters. The number of pyridine rings is 1. The van der Waals surface area contributed by atoms with Gasteiger partial charge >= 0.3 is 0 Å². The second kappa shape index (κ2) is 9.50. The number of amides is 1. The molecule has 1 aromatic rings.